The van der Waals surface area contributed by atoms with E-state index in [9.17, 15) is 0 Å². The smallest absolute Gasteiger partial charge is 0.124 e. The van der Waals surface area contributed by atoms with Crippen LogP contribution in [0.1, 0.15) is 28.1 Å². The summed E-state index contributed by atoms with van der Waals surface area (Å²) in [6, 6.07) is 57.2. The van der Waals surface area contributed by atoms with E-state index in [-0.39, 0.29) is 0 Å². The van der Waals surface area contributed by atoms with E-state index in [4.69, 9.17) is 4.98 Å². The summed E-state index contributed by atoms with van der Waals surface area (Å²) < 4.78 is 2.33. The van der Waals surface area contributed by atoms with Crippen molar-refractivity contribution in [2.45, 2.75) is 16.1 Å². The molecule has 1 aliphatic heterocycles. The van der Waals surface area contributed by atoms with Crippen molar-refractivity contribution in [3.05, 3.63) is 186 Å². The van der Waals surface area contributed by atoms with Crippen LogP contribution in [0.15, 0.2) is 163 Å². The minimum absolute atomic E-state index is 0.465. The minimum Gasteiger partial charge on any atom is -0.294 e. The van der Waals surface area contributed by atoms with Crippen LogP contribution in [0.5, 0.6) is 0 Å². The van der Waals surface area contributed by atoms with Crippen molar-refractivity contribution in [2.75, 3.05) is 0 Å². The first kappa shape index (κ1) is 24.9. The summed E-state index contributed by atoms with van der Waals surface area (Å²) in [6.07, 6.45) is 0. The molecule has 0 unspecified atom stereocenters. The van der Waals surface area contributed by atoms with Crippen molar-refractivity contribution >= 4 is 22.8 Å². The van der Waals surface area contributed by atoms with Crippen LogP contribution >= 0.6 is 11.8 Å². The van der Waals surface area contributed by atoms with E-state index in [0.29, 0.717) is 0 Å². The van der Waals surface area contributed by atoms with Crippen molar-refractivity contribution in [3.63, 3.8) is 0 Å². The Kier molecular flexibility index (Phi) is 6.05. The lowest BCUT2D eigenvalue weighted by Gasteiger charge is -2.37. The maximum atomic E-state index is 4.90. The Hall–Kier alpha value is -4.86. The topological polar surface area (TPSA) is 17.8 Å². The summed E-state index contributed by atoms with van der Waals surface area (Å²) in [4.78, 5) is 6.19. The zero-order valence-electron chi connectivity index (χ0n) is 23.0. The molecule has 6 aromatic carbocycles. The maximum absolute atomic E-state index is 4.90. The third-order valence-corrected chi connectivity index (χ3v) is 9.48. The Bertz CT molecular complexity index is 1930. The van der Waals surface area contributed by atoms with E-state index in [0.717, 1.165) is 17.1 Å². The number of imidazole rings is 1. The van der Waals surface area contributed by atoms with E-state index >= 15 is 0 Å². The average Bonchev–Trinajstić information content (AvgIpc) is 3.46. The van der Waals surface area contributed by atoms with Crippen LogP contribution in [0.25, 0.3) is 27.8 Å². The molecule has 42 heavy (non-hydrogen) atoms. The zero-order chi connectivity index (χ0) is 27.9. The molecule has 0 saturated heterocycles. The molecule has 3 heteroatoms. The predicted molar refractivity (Wildman–Crippen MR) is 174 cm³/mol. The van der Waals surface area contributed by atoms with Crippen molar-refractivity contribution in [1.29, 1.82) is 0 Å². The lowest BCUT2D eigenvalue weighted by Crippen LogP contribution is -2.31. The van der Waals surface area contributed by atoms with Gasteiger partial charge in [-0.2, -0.15) is 0 Å². The van der Waals surface area contributed by atoms with E-state index in [2.05, 4.69) is 162 Å². The van der Waals surface area contributed by atoms with Gasteiger partial charge in [0.15, 0.2) is 0 Å². The van der Waals surface area contributed by atoms with Gasteiger partial charge in [0.05, 0.1) is 27.9 Å². The van der Waals surface area contributed by atoms with Crippen molar-refractivity contribution in [1.82, 2.24) is 9.55 Å². The molecule has 1 aliphatic rings. The average molecular weight is 557 g/mol. The van der Waals surface area contributed by atoms with E-state index in [1.54, 1.807) is 0 Å². The normalized spacial score (nSPS) is 12.6. The van der Waals surface area contributed by atoms with Gasteiger partial charge >= 0.3 is 0 Å². The Morgan fingerprint density at radius 1 is 0.524 bits per heavy atom. The summed E-state index contributed by atoms with van der Waals surface area (Å²) in [7, 11) is 0. The molecule has 0 atom stereocenters. The number of hydrogen-bond donors (Lipinski definition) is 0. The largest absolute Gasteiger partial charge is 0.294 e. The van der Waals surface area contributed by atoms with Crippen molar-refractivity contribution in [3.8, 4) is 16.8 Å². The molecule has 7 aromatic rings. The Balaban J connectivity index is 1.31. The van der Waals surface area contributed by atoms with Gasteiger partial charge in [0.1, 0.15) is 5.82 Å². The van der Waals surface area contributed by atoms with Crippen LogP contribution in [0.2, 0.25) is 0 Å². The molecular weight excluding hydrogens is 529 g/mol. The second-order valence-corrected chi connectivity index (χ2v) is 11.8. The second kappa shape index (κ2) is 10.2. The van der Waals surface area contributed by atoms with E-state index in [1.807, 2.05) is 11.8 Å². The summed E-state index contributed by atoms with van der Waals surface area (Å²) in [5.74, 6) is 1.98. The monoisotopic (exact) mass is 556 g/mol. The minimum atomic E-state index is -0.465. The fourth-order valence-corrected chi connectivity index (χ4v) is 7.57. The number of benzene rings is 6. The van der Waals surface area contributed by atoms with Gasteiger partial charge in [0, 0.05) is 4.90 Å². The second-order valence-electron chi connectivity index (χ2n) is 10.8. The van der Waals surface area contributed by atoms with Gasteiger partial charge < -0.3 is 0 Å². The molecule has 8 rings (SSSR count). The molecule has 0 spiro atoms. The molecule has 0 saturated carbocycles. The van der Waals surface area contributed by atoms with Crippen LogP contribution < -0.4 is 0 Å². The molecule has 0 radical (unpaired) electrons. The molecule has 2 nitrogen and oxygen atoms in total. The summed E-state index contributed by atoms with van der Waals surface area (Å²) >= 11 is 1.87. The van der Waals surface area contributed by atoms with Crippen molar-refractivity contribution in [2.24, 2.45) is 0 Å². The predicted octanol–water partition coefficient (Wildman–Crippen LogP) is 9.68. The maximum Gasteiger partial charge on any atom is 0.124 e. The molecule has 0 fully saturated rings. The number of aromatic nitrogens is 2. The van der Waals surface area contributed by atoms with Gasteiger partial charge in [-0.3, -0.25) is 4.57 Å². The van der Waals surface area contributed by atoms with Gasteiger partial charge in [-0.15, -0.1) is 11.8 Å². The molecule has 200 valence electrons. The SMILES string of the molecule is c1ccc(C(c2ccccc2)(c2ccccc2)c2cccc(-c3ccc4c(c3)SCc3nc5ccccc5n3-4)c2)cc1. The quantitative estimate of drug-likeness (QED) is 0.196. The molecule has 2 heterocycles. The van der Waals surface area contributed by atoms with E-state index < -0.39 is 5.41 Å². The van der Waals surface area contributed by atoms with Gasteiger partial charge in [-0.25, -0.2) is 4.98 Å². The highest BCUT2D eigenvalue weighted by Gasteiger charge is 2.38. The summed E-state index contributed by atoms with van der Waals surface area (Å²) in [5.41, 5.74) is 10.4. The highest BCUT2D eigenvalue weighted by molar-refractivity contribution is 7.98. The fraction of sp³-hybridized carbons (Fsp3) is 0.0513. The number of nitrogens with zero attached hydrogens (tertiary/aromatic N) is 2. The number of thioether (sulfide) groups is 1. The number of hydrogen-bond acceptors (Lipinski definition) is 2. The van der Waals surface area contributed by atoms with Crippen LogP contribution in [-0.2, 0) is 11.2 Å². The first-order valence-electron chi connectivity index (χ1n) is 14.3. The lowest BCUT2D eigenvalue weighted by molar-refractivity contribution is 0.745. The van der Waals surface area contributed by atoms with Crippen LogP contribution in [0, 0.1) is 0 Å². The molecule has 0 amide bonds. The van der Waals surface area contributed by atoms with Crippen LogP contribution in [0.3, 0.4) is 0 Å². The summed E-state index contributed by atoms with van der Waals surface area (Å²) in [6.45, 7) is 0. The lowest BCUT2D eigenvalue weighted by atomic mass is 9.65. The van der Waals surface area contributed by atoms with Gasteiger partial charge in [0.2, 0.25) is 0 Å². The Labute approximate surface area is 250 Å². The first-order chi connectivity index (χ1) is 20.8. The highest BCUT2D eigenvalue weighted by Crippen LogP contribution is 2.46. The molecular formula is C39H28N2S. The Morgan fingerprint density at radius 2 is 1.10 bits per heavy atom. The third kappa shape index (κ3) is 3.93. The molecule has 0 aliphatic carbocycles. The zero-order valence-corrected chi connectivity index (χ0v) is 23.8. The first-order valence-corrected chi connectivity index (χ1v) is 15.3. The molecule has 0 bridgehead atoms. The van der Waals surface area contributed by atoms with Crippen molar-refractivity contribution < 1.29 is 0 Å². The summed E-state index contributed by atoms with van der Waals surface area (Å²) in [5, 5.41) is 0. The van der Waals surface area contributed by atoms with Crippen LogP contribution in [-0.4, -0.2) is 9.55 Å². The third-order valence-electron chi connectivity index (χ3n) is 8.44. The standard InChI is InChI=1S/C39H28N2S/c1-4-14-30(15-5-1)39(31-16-6-2-7-17-31,32-18-8-3-9-19-32)33-20-12-13-28(25-33)29-23-24-36-37(26-29)42-27-38-40-34-21-10-11-22-35(34)41(36)38/h1-26H,27H2. The molecule has 1 aromatic heterocycles. The van der Waals surface area contributed by atoms with E-state index in [1.165, 1.54) is 49.5 Å². The van der Waals surface area contributed by atoms with Gasteiger partial charge in [-0.05, 0) is 63.7 Å². The number of fused-ring (bicyclic) bond motifs is 5. The molecule has 0 N–H and O–H groups in total. The number of para-hydroxylation sites is 2. The van der Waals surface area contributed by atoms with Gasteiger partial charge in [0.25, 0.3) is 0 Å². The number of rotatable bonds is 5. The fourth-order valence-electron chi connectivity index (χ4n) is 6.57. The highest BCUT2D eigenvalue weighted by atomic mass is 32.2. The van der Waals surface area contributed by atoms with Crippen LogP contribution in [0.4, 0.5) is 0 Å². The Morgan fingerprint density at radius 3 is 1.76 bits per heavy atom. The van der Waals surface area contributed by atoms with Gasteiger partial charge in [-0.1, -0.05) is 127 Å².